The third-order valence-corrected chi connectivity index (χ3v) is 4.14. The monoisotopic (exact) mass is 515 g/mol. The molecular weight excluding hydrogens is 485 g/mol. The number of hydrogen-bond acceptors (Lipinski definition) is 5. The number of nitrogens with one attached hydrogen (secondary N) is 1. The molecule has 0 atom stereocenters. The van der Waals surface area contributed by atoms with Gasteiger partial charge in [0.25, 0.3) is 0 Å². The summed E-state index contributed by atoms with van der Waals surface area (Å²) in [4.78, 5) is 6.60. The third kappa shape index (κ3) is 7.88. The maximum Gasteiger partial charge on any atom is 0.194 e. The second-order valence-electron chi connectivity index (χ2n) is 6.11. The first-order valence-electron chi connectivity index (χ1n) is 9.19. The lowest BCUT2D eigenvalue weighted by molar-refractivity contribution is 0.281. The molecule has 0 bridgehead atoms. The van der Waals surface area contributed by atoms with Gasteiger partial charge in [-0.2, -0.15) is 0 Å². The minimum Gasteiger partial charge on any atom is -0.508 e. The minimum atomic E-state index is 0. The van der Waals surface area contributed by atoms with Gasteiger partial charge in [0, 0.05) is 19.2 Å². The topological polar surface area (TPSA) is 75.6 Å². The number of halogens is 1. The lowest BCUT2D eigenvalue weighted by Crippen LogP contribution is -2.40. The molecule has 29 heavy (non-hydrogen) atoms. The number of likely N-dealkylation sites (N-methyl/N-ethyl adjacent to an activating group) is 1. The number of methoxy groups -OCH3 is 2. The van der Waals surface area contributed by atoms with Gasteiger partial charge < -0.3 is 29.5 Å². The van der Waals surface area contributed by atoms with Crippen LogP contribution < -0.4 is 19.5 Å². The molecule has 0 aliphatic heterocycles. The van der Waals surface area contributed by atoms with Crippen molar-refractivity contribution < 1.29 is 19.3 Å². The number of benzene rings is 2. The predicted octanol–water partition coefficient (Wildman–Crippen LogP) is 3.50. The number of hydrogen-bond donors (Lipinski definition) is 2. The molecule has 0 unspecified atom stereocenters. The lowest BCUT2D eigenvalue weighted by atomic mass is 10.2. The molecular formula is C21H30IN3O4. The first kappa shape index (κ1) is 24.7. The number of phenols is 1. The molecule has 0 aliphatic carbocycles. The Morgan fingerprint density at radius 3 is 2.28 bits per heavy atom. The summed E-state index contributed by atoms with van der Waals surface area (Å²) in [7, 11) is 5.18. The fourth-order valence-electron chi connectivity index (χ4n) is 2.52. The zero-order valence-corrected chi connectivity index (χ0v) is 19.7. The molecule has 0 spiro atoms. The number of aromatic hydroxyl groups is 1. The maximum atomic E-state index is 10.0. The minimum absolute atomic E-state index is 0. The van der Waals surface area contributed by atoms with Gasteiger partial charge in [0.1, 0.15) is 29.6 Å². The zero-order chi connectivity index (χ0) is 20.4. The van der Waals surface area contributed by atoms with Crippen molar-refractivity contribution in [2.24, 2.45) is 4.99 Å². The van der Waals surface area contributed by atoms with E-state index in [-0.39, 0.29) is 29.7 Å². The smallest absolute Gasteiger partial charge is 0.194 e. The molecule has 2 aromatic carbocycles. The highest BCUT2D eigenvalue weighted by Crippen LogP contribution is 2.23. The molecule has 0 saturated heterocycles. The lowest BCUT2D eigenvalue weighted by Gasteiger charge is -2.22. The van der Waals surface area contributed by atoms with Crippen molar-refractivity contribution in [1.29, 1.82) is 0 Å². The van der Waals surface area contributed by atoms with E-state index in [2.05, 4.69) is 10.3 Å². The fourth-order valence-corrected chi connectivity index (χ4v) is 2.52. The zero-order valence-electron chi connectivity index (χ0n) is 17.3. The summed E-state index contributed by atoms with van der Waals surface area (Å²) < 4.78 is 16.1. The SMILES string of the molecule is CCNC(=NCc1cc(OC)ccc1O)N(C)CCOc1ccc(OC)cc1.I. The van der Waals surface area contributed by atoms with Crippen molar-refractivity contribution in [3.63, 3.8) is 0 Å². The summed E-state index contributed by atoms with van der Waals surface area (Å²) in [6, 6.07) is 12.6. The fraction of sp³-hybridized carbons (Fsp3) is 0.381. The van der Waals surface area contributed by atoms with Gasteiger partial charge in [0.2, 0.25) is 0 Å². The van der Waals surface area contributed by atoms with Gasteiger partial charge in [0.05, 0.1) is 27.3 Å². The van der Waals surface area contributed by atoms with Gasteiger partial charge in [-0.1, -0.05) is 0 Å². The average molecular weight is 515 g/mol. The van der Waals surface area contributed by atoms with Crippen molar-refractivity contribution in [3.8, 4) is 23.0 Å². The highest BCUT2D eigenvalue weighted by Gasteiger charge is 2.08. The molecule has 0 saturated carbocycles. The Hall–Kier alpha value is -2.36. The number of phenolic OH excluding ortho intramolecular Hbond substituents is 1. The molecule has 0 fully saturated rings. The predicted molar refractivity (Wildman–Crippen MR) is 126 cm³/mol. The van der Waals surface area contributed by atoms with Gasteiger partial charge in [-0.15, -0.1) is 24.0 Å². The largest absolute Gasteiger partial charge is 0.508 e. The maximum absolute atomic E-state index is 10.0. The number of rotatable bonds is 9. The molecule has 2 aromatic rings. The van der Waals surface area contributed by atoms with Gasteiger partial charge in [-0.05, 0) is 49.4 Å². The standard InChI is InChI=1S/C21H29N3O4.HI/c1-5-22-21(23-15-16-14-19(27-4)10-11-20(16)25)24(2)12-13-28-18-8-6-17(26-3)7-9-18;/h6-11,14,25H,5,12-13,15H2,1-4H3,(H,22,23);1H. The van der Waals surface area contributed by atoms with Crippen LogP contribution in [0.2, 0.25) is 0 Å². The van der Waals surface area contributed by atoms with Crippen LogP contribution in [0, 0.1) is 0 Å². The van der Waals surface area contributed by atoms with Crippen LogP contribution in [0.15, 0.2) is 47.5 Å². The van der Waals surface area contributed by atoms with E-state index in [1.54, 1.807) is 32.4 Å². The van der Waals surface area contributed by atoms with Gasteiger partial charge in [0.15, 0.2) is 5.96 Å². The van der Waals surface area contributed by atoms with Crippen LogP contribution in [0.4, 0.5) is 0 Å². The molecule has 160 valence electrons. The third-order valence-electron chi connectivity index (χ3n) is 4.14. The van der Waals surface area contributed by atoms with Crippen LogP contribution in [0.25, 0.3) is 0 Å². The summed E-state index contributed by atoms with van der Waals surface area (Å²) in [6.45, 7) is 4.27. The van der Waals surface area contributed by atoms with E-state index in [4.69, 9.17) is 14.2 Å². The summed E-state index contributed by atoms with van der Waals surface area (Å²) in [5.74, 6) is 3.22. The Morgan fingerprint density at radius 1 is 1.03 bits per heavy atom. The van der Waals surface area contributed by atoms with E-state index >= 15 is 0 Å². The van der Waals surface area contributed by atoms with Crippen molar-refractivity contribution in [2.75, 3.05) is 41.0 Å². The number of nitrogens with zero attached hydrogens (tertiary/aromatic N) is 2. The Balaban J connectivity index is 0.00000420. The van der Waals surface area contributed by atoms with E-state index in [0.29, 0.717) is 31.0 Å². The number of ether oxygens (including phenoxy) is 3. The quantitative estimate of drug-likeness (QED) is 0.303. The normalized spacial score (nSPS) is 10.7. The molecule has 0 heterocycles. The molecule has 2 N–H and O–H groups in total. The van der Waals surface area contributed by atoms with Crippen LogP contribution in [-0.2, 0) is 6.54 Å². The van der Waals surface area contributed by atoms with Crippen LogP contribution in [0.3, 0.4) is 0 Å². The molecule has 8 heteroatoms. The van der Waals surface area contributed by atoms with Gasteiger partial charge in [-0.25, -0.2) is 4.99 Å². The Morgan fingerprint density at radius 2 is 1.66 bits per heavy atom. The van der Waals surface area contributed by atoms with Crippen molar-refractivity contribution in [2.45, 2.75) is 13.5 Å². The second kappa shape index (κ2) is 13.0. The Bertz CT molecular complexity index is 769. The van der Waals surface area contributed by atoms with Crippen molar-refractivity contribution in [1.82, 2.24) is 10.2 Å². The summed E-state index contributed by atoms with van der Waals surface area (Å²) in [6.07, 6.45) is 0. The van der Waals surface area contributed by atoms with Crippen LogP contribution in [0.5, 0.6) is 23.0 Å². The average Bonchev–Trinajstić information content (AvgIpc) is 2.72. The first-order chi connectivity index (χ1) is 13.6. The highest BCUT2D eigenvalue weighted by molar-refractivity contribution is 14.0. The van der Waals surface area contributed by atoms with Gasteiger partial charge >= 0.3 is 0 Å². The molecule has 2 rings (SSSR count). The van der Waals surface area contributed by atoms with Crippen molar-refractivity contribution in [3.05, 3.63) is 48.0 Å². The number of guanidine groups is 1. The van der Waals surface area contributed by atoms with Crippen molar-refractivity contribution >= 4 is 29.9 Å². The first-order valence-corrected chi connectivity index (χ1v) is 9.19. The summed E-state index contributed by atoms with van der Waals surface area (Å²) in [5.41, 5.74) is 0.706. The van der Waals surface area contributed by atoms with E-state index in [9.17, 15) is 5.11 Å². The highest BCUT2D eigenvalue weighted by atomic mass is 127. The van der Waals surface area contributed by atoms with E-state index in [1.165, 1.54) is 0 Å². The van der Waals surface area contributed by atoms with E-state index in [1.807, 2.05) is 43.1 Å². The molecule has 0 aromatic heterocycles. The molecule has 0 radical (unpaired) electrons. The van der Waals surface area contributed by atoms with Gasteiger partial charge in [-0.3, -0.25) is 0 Å². The van der Waals surface area contributed by atoms with Crippen LogP contribution >= 0.6 is 24.0 Å². The molecule has 0 amide bonds. The summed E-state index contributed by atoms with van der Waals surface area (Å²) >= 11 is 0. The second-order valence-corrected chi connectivity index (χ2v) is 6.11. The van der Waals surface area contributed by atoms with Crippen LogP contribution in [0.1, 0.15) is 12.5 Å². The Labute approximate surface area is 189 Å². The van der Waals surface area contributed by atoms with E-state index < -0.39 is 0 Å². The molecule has 0 aliphatic rings. The van der Waals surface area contributed by atoms with E-state index in [0.717, 1.165) is 24.0 Å². The summed E-state index contributed by atoms with van der Waals surface area (Å²) in [5, 5.41) is 13.3. The number of aliphatic imine (C=N–C) groups is 1. The van der Waals surface area contributed by atoms with Crippen LogP contribution in [-0.4, -0.2) is 56.9 Å². The Kier molecular flexibility index (Phi) is 11.0. The molecule has 7 nitrogen and oxygen atoms in total.